The zero-order valence-electron chi connectivity index (χ0n) is 10.8. The zero-order chi connectivity index (χ0) is 13.0. The van der Waals surface area contributed by atoms with Crippen LogP contribution in [0, 0.1) is 0 Å². The van der Waals surface area contributed by atoms with Crippen molar-refractivity contribution < 1.29 is 9.53 Å². The van der Waals surface area contributed by atoms with Crippen molar-refractivity contribution in [2.75, 3.05) is 19.5 Å². The molecule has 0 bridgehead atoms. The third-order valence-corrected chi connectivity index (χ3v) is 2.50. The molecular weight excluding hydrogens is 220 g/mol. The number of hydrogen-bond acceptors (Lipinski definition) is 4. The SMILES string of the molecule is CCc1nn(C)c(C(=O)NC(C)COC)c1N. The van der Waals surface area contributed by atoms with E-state index in [2.05, 4.69) is 10.4 Å². The van der Waals surface area contributed by atoms with E-state index in [4.69, 9.17) is 10.5 Å². The lowest BCUT2D eigenvalue weighted by Crippen LogP contribution is -2.36. The number of methoxy groups -OCH3 is 1. The van der Waals surface area contributed by atoms with E-state index in [1.54, 1.807) is 14.2 Å². The fourth-order valence-electron chi connectivity index (χ4n) is 1.71. The van der Waals surface area contributed by atoms with Crippen LogP contribution in [0.1, 0.15) is 30.0 Å². The van der Waals surface area contributed by atoms with Crippen LogP contribution >= 0.6 is 0 Å². The molecule has 1 rings (SSSR count). The Morgan fingerprint density at radius 2 is 2.29 bits per heavy atom. The minimum Gasteiger partial charge on any atom is -0.395 e. The van der Waals surface area contributed by atoms with Gasteiger partial charge < -0.3 is 15.8 Å². The molecule has 6 nitrogen and oxygen atoms in total. The minimum atomic E-state index is -0.221. The van der Waals surface area contributed by atoms with Gasteiger partial charge in [-0.2, -0.15) is 5.10 Å². The van der Waals surface area contributed by atoms with E-state index < -0.39 is 0 Å². The smallest absolute Gasteiger partial charge is 0.271 e. The predicted octanol–water partition coefficient (Wildman–Crippen LogP) is 0.329. The highest BCUT2D eigenvalue weighted by Crippen LogP contribution is 2.16. The number of anilines is 1. The molecule has 0 aromatic carbocycles. The maximum Gasteiger partial charge on any atom is 0.271 e. The highest BCUT2D eigenvalue weighted by Gasteiger charge is 2.20. The van der Waals surface area contributed by atoms with E-state index in [0.717, 1.165) is 5.69 Å². The first-order valence-corrected chi connectivity index (χ1v) is 5.62. The molecule has 17 heavy (non-hydrogen) atoms. The number of rotatable bonds is 5. The second kappa shape index (κ2) is 5.67. The van der Waals surface area contributed by atoms with Crippen LogP contribution < -0.4 is 11.1 Å². The van der Waals surface area contributed by atoms with Crippen LogP contribution in [0.25, 0.3) is 0 Å². The second-order valence-electron chi connectivity index (χ2n) is 4.02. The summed E-state index contributed by atoms with van der Waals surface area (Å²) in [5.41, 5.74) is 7.50. The molecule has 1 amide bonds. The third kappa shape index (κ3) is 2.97. The van der Waals surface area contributed by atoms with Gasteiger partial charge in [-0.15, -0.1) is 0 Å². The number of nitrogens with zero attached hydrogens (tertiary/aromatic N) is 2. The van der Waals surface area contributed by atoms with Gasteiger partial charge in [-0.1, -0.05) is 6.92 Å². The summed E-state index contributed by atoms with van der Waals surface area (Å²) >= 11 is 0. The van der Waals surface area contributed by atoms with Crippen LogP contribution in [0.15, 0.2) is 0 Å². The fourth-order valence-corrected chi connectivity index (χ4v) is 1.71. The number of nitrogens with two attached hydrogens (primary N) is 1. The lowest BCUT2D eigenvalue weighted by molar-refractivity contribution is 0.0897. The zero-order valence-corrected chi connectivity index (χ0v) is 10.8. The third-order valence-electron chi connectivity index (χ3n) is 2.50. The van der Waals surface area contributed by atoms with Gasteiger partial charge in [-0.05, 0) is 13.3 Å². The van der Waals surface area contributed by atoms with Crippen molar-refractivity contribution in [1.29, 1.82) is 0 Å². The molecule has 0 saturated heterocycles. The van der Waals surface area contributed by atoms with E-state index in [9.17, 15) is 4.79 Å². The first-order chi connectivity index (χ1) is 8.01. The average Bonchev–Trinajstić information content (AvgIpc) is 2.53. The summed E-state index contributed by atoms with van der Waals surface area (Å²) in [6.45, 7) is 4.28. The summed E-state index contributed by atoms with van der Waals surface area (Å²) in [4.78, 5) is 12.0. The summed E-state index contributed by atoms with van der Waals surface area (Å²) in [6, 6.07) is -0.0631. The van der Waals surface area contributed by atoms with Crippen molar-refractivity contribution in [2.45, 2.75) is 26.3 Å². The number of ether oxygens (including phenoxy) is 1. The Balaban J connectivity index is 2.85. The molecular formula is C11H20N4O2. The number of carbonyl (C=O) groups is 1. The quantitative estimate of drug-likeness (QED) is 0.777. The number of amides is 1. The lowest BCUT2D eigenvalue weighted by Gasteiger charge is -2.12. The molecule has 0 aliphatic rings. The molecule has 0 fully saturated rings. The largest absolute Gasteiger partial charge is 0.395 e. The maximum atomic E-state index is 12.0. The molecule has 0 radical (unpaired) electrons. The van der Waals surface area contributed by atoms with Gasteiger partial charge in [-0.3, -0.25) is 9.48 Å². The van der Waals surface area contributed by atoms with Crippen LogP contribution in [0.5, 0.6) is 0 Å². The molecule has 1 aromatic heterocycles. The molecule has 1 aromatic rings. The van der Waals surface area contributed by atoms with Gasteiger partial charge in [0, 0.05) is 20.2 Å². The molecule has 96 valence electrons. The van der Waals surface area contributed by atoms with Crippen molar-refractivity contribution in [3.63, 3.8) is 0 Å². The Labute approximate surface area is 101 Å². The average molecular weight is 240 g/mol. The Kier molecular flexibility index (Phi) is 4.51. The molecule has 1 atom stereocenters. The Morgan fingerprint density at radius 3 is 2.76 bits per heavy atom. The van der Waals surface area contributed by atoms with Crippen molar-refractivity contribution in [2.24, 2.45) is 7.05 Å². The minimum absolute atomic E-state index is 0.0631. The molecule has 6 heteroatoms. The second-order valence-corrected chi connectivity index (χ2v) is 4.02. The monoisotopic (exact) mass is 240 g/mol. The van der Waals surface area contributed by atoms with E-state index in [1.807, 2.05) is 13.8 Å². The van der Waals surface area contributed by atoms with Crippen molar-refractivity contribution in [3.05, 3.63) is 11.4 Å². The first-order valence-electron chi connectivity index (χ1n) is 5.62. The topological polar surface area (TPSA) is 82.2 Å². The molecule has 3 N–H and O–H groups in total. The van der Waals surface area contributed by atoms with Crippen LogP contribution in [0.3, 0.4) is 0 Å². The van der Waals surface area contributed by atoms with Gasteiger partial charge >= 0.3 is 0 Å². The maximum absolute atomic E-state index is 12.0. The van der Waals surface area contributed by atoms with Gasteiger partial charge in [0.2, 0.25) is 0 Å². The number of aromatic nitrogens is 2. The van der Waals surface area contributed by atoms with Crippen molar-refractivity contribution in [1.82, 2.24) is 15.1 Å². The van der Waals surface area contributed by atoms with Crippen molar-refractivity contribution in [3.8, 4) is 0 Å². The lowest BCUT2D eigenvalue weighted by atomic mass is 10.2. The summed E-state index contributed by atoms with van der Waals surface area (Å²) in [7, 11) is 3.31. The number of nitrogens with one attached hydrogen (secondary N) is 1. The van der Waals surface area contributed by atoms with Gasteiger partial charge in [0.25, 0.3) is 5.91 Å². The summed E-state index contributed by atoms with van der Waals surface area (Å²) in [6.07, 6.45) is 0.709. The Hall–Kier alpha value is -1.56. The van der Waals surface area contributed by atoms with Crippen molar-refractivity contribution >= 4 is 11.6 Å². The fraction of sp³-hybridized carbons (Fsp3) is 0.636. The first kappa shape index (κ1) is 13.5. The van der Waals surface area contributed by atoms with E-state index >= 15 is 0 Å². The molecule has 0 aliphatic carbocycles. The highest BCUT2D eigenvalue weighted by molar-refractivity contribution is 5.98. The van der Waals surface area contributed by atoms with E-state index in [0.29, 0.717) is 24.4 Å². The molecule has 1 unspecified atom stereocenters. The van der Waals surface area contributed by atoms with Gasteiger partial charge in [0.1, 0.15) is 5.69 Å². The van der Waals surface area contributed by atoms with E-state index in [-0.39, 0.29) is 11.9 Å². The summed E-state index contributed by atoms with van der Waals surface area (Å²) in [5.74, 6) is -0.221. The normalized spacial score (nSPS) is 12.5. The predicted molar refractivity (Wildman–Crippen MR) is 65.8 cm³/mol. The highest BCUT2D eigenvalue weighted by atomic mass is 16.5. The van der Waals surface area contributed by atoms with Gasteiger partial charge in [0.05, 0.1) is 18.0 Å². The number of hydrogen-bond donors (Lipinski definition) is 2. The van der Waals surface area contributed by atoms with Gasteiger partial charge in [0.15, 0.2) is 0 Å². The van der Waals surface area contributed by atoms with Crippen LogP contribution in [0.4, 0.5) is 5.69 Å². The Bertz CT molecular complexity index is 400. The summed E-state index contributed by atoms with van der Waals surface area (Å²) < 4.78 is 6.48. The van der Waals surface area contributed by atoms with Crippen LogP contribution in [-0.4, -0.2) is 35.4 Å². The molecule has 0 spiro atoms. The van der Waals surface area contributed by atoms with E-state index in [1.165, 1.54) is 4.68 Å². The standard InChI is InChI=1S/C11H20N4O2/c1-5-8-9(12)10(15(3)14-8)11(16)13-7(2)6-17-4/h7H,5-6,12H2,1-4H3,(H,13,16). The van der Waals surface area contributed by atoms with Crippen LogP contribution in [0.2, 0.25) is 0 Å². The number of aryl methyl sites for hydroxylation is 2. The molecule has 0 saturated carbocycles. The van der Waals surface area contributed by atoms with Gasteiger partial charge in [-0.25, -0.2) is 0 Å². The molecule has 1 heterocycles. The Morgan fingerprint density at radius 1 is 1.65 bits per heavy atom. The number of nitrogen functional groups attached to an aromatic ring is 1. The molecule has 0 aliphatic heterocycles. The van der Waals surface area contributed by atoms with Crippen LogP contribution in [-0.2, 0) is 18.2 Å². The number of carbonyl (C=O) groups excluding carboxylic acids is 1. The summed E-state index contributed by atoms with van der Waals surface area (Å²) in [5, 5.41) is 7.01.